The molecule has 126 valence electrons. The highest BCUT2D eigenvalue weighted by molar-refractivity contribution is 6.35. The fourth-order valence-electron chi connectivity index (χ4n) is 2.32. The van der Waals surface area contributed by atoms with Gasteiger partial charge in [-0.25, -0.2) is 0 Å². The van der Waals surface area contributed by atoms with Gasteiger partial charge < -0.3 is 10.6 Å². The molecule has 0 radical (unpaired) electrons. The molecule has 1 atom stereocenters. The van der Waals surface area contributed by atoms with Crippen LogP contribution >= 0.6 is 23.2 Å². The van der Waals surface area contributed by atoms with Crippen LogP contribution < -0.4 is 10.6 Å². The van der Waals surface area contributed by atoms with E-state index < -0.39 is 6.04 Å². The van der Waals surface area contributed by atoms with Gasteiger partial charge in [-0.1, -0.05) is 53.0 Å². The van der Waals surface area contributed by atoms with E-state index >= 15 is 0 Å². The van der Waals surface area contributed by atoms with Crippen molar-refractivity contribution in [1.29, 1.82) is 0 Å². The summed E-state index contributed by atoms with van der Waals surface area (Å²) in [6, 6.07) is 12.1. The zero-order valence-corrected chi connectivity index (χ0v) is 14.9. The van der Waals surface area contributed by atoms with Crippen molar-refractivity contribution >= 4 is 40.7 Å². The minimum atomic E-state index is -0.405. The third-order valence-electron chi connectivity index (χ3n) is 3.39. The van der Waals surface area contributed by atoms with Crippen LogP contribution in [0.4, 0.5) is 5.69 Å². The van der Waals surface area contributed by atoms with Gasteiger partial charge in [0, 0.05) is 22.7 Å². The number of aryl methyl sites for hydroxylation is 1. The first-order chi connectivity index (χ1) is 11.3. The van der Waals surface area contributed by atoms with Crippen molar-refractivity contribution in [3.05, 3.63) is 63.6 Å². The molecule has 0 bridgehead atoms. The molecule has 2 amide bonds. The fraction of sp³-hybridized carbons (Fsp3) is 0.222. The molecule has 0 heterocycles. The summed E-state index contributed by atoms with van der Waals surface area (Å²) in [4.78, 5) is 23.8. The van der Waals surface area contributed by atoms with Crippen LogP contribution in [-0.2, 0) is 9.59 Å². The fourth-order valence-corrected chi connectivity index (χ4v) is 2.85. The van der Waals surface area contributed by atoms with Crippen LogP contribution in [0.1, 0.15) is 30.5 Å². The zero-order valence-electron chi connectivity index (χ0n) is 13.4. The number of hydrogen-bond donors (Lipinski definition) is 2. The Bertz CT molecular complexity index is 725. The molecule has 2 N–H and O–H groups in total. The Hall–Kier alpha value is -2.04. The third kappa shape index (κ3) is 5.55. The average molecular weight is 365 g/mol. The topological polar surface area (TPSA) is 58.2 Å². The molecule has 24 heavy (non-hydrogen) atoms. The van der Waals surface area contributed by atoms with Gasteiger partial charge in [-0.05, 0) is 30.7 Å². The molecule has 0 aromatic heterocycles. The molecule has 6 heteroatoms. The van der Waals surface area contributed by atoms with Gasteiger partial charge in [-0.2, -0.15) is 0 Å². The maximum atomic E-state index is 12.3. The second-order valence-corrected chi connectivity index (χ2v) is 6.45. The van der Waals surface area contributed by atoms with Crippen molar-refractivity contribution in [1.82, 2.24) is 5.32 Å². The van der Waals surface area contributed by atoms with Crippen molar-refractivity contribution in [2.24, 2.45) is 0 Å². The number of carbonyl (C=O) groups is 2. The number of nitrogens with one attached hydrogen (secondary N) is 2. The van der Waals surface area contributed by atoms with Gasteiger partial charge in [0.1, 0.15) is 0 Å². The van der Waals surface area contributed by atoms with Crippen molar-refractivity contribution in [3.8, 4) is 0 Å². The Morgan fingerprint density at radius 3 is 2.17 bits per heavy atom. The maximum absolute atomic E-state index is 12.3. The molecule has 0 saturated heterocycles. The molecule has 0 spiro atoms. The summed E-state index contributed by atoms with van der Waals surface area (Å²) < 4.78 is 0. The summed E-state index contributed by atoms with van der Waals surface area (Å²) in [6.45, 7) is 3.41. The highest BCUT2D eigenvalue weighted by atomic mass is 35.5. The Kier molecular flexibility index (Phi) is 6.23. The van der Waals surface area contributed by atoms with Crippen LogP contribution in [0.5, 0.6) is 0 Å². The first kappa shape index (κ1) is 18.3. The molecule has 0 aliphatic heterocycles. The predicted molar refractivity (Wildman–Crippen MR) is 97.4 cm³/mol. The molecule has 2 aromatic carbocycles. The summed E-state index contributed by atoms with van der Waals surface area (Å²) in [5, 5.41) is 6.43. The van der Waals surface area contributed by atoms with E-state index in [4.69, 9.17) is 23.2 Å². The lowest BCUT2D eigenvalue weighted by atomic mass is 10.0. The Morgan fingerprint density at radius 1 is 1.04 bits per heavy atom. The van der Waals surface area contributed by atoms with Crippen LogP contribution in [0.25, 0.3) is 0 Å². The summed E-state index contributed by atoms with van der Waals surface area (Å²) in [5.41, 5.74) is 2.50. The molecule has 1 unspecified atom stereocenters. The number of amides is 2. The van der Waals surface area contributed by atoms with E-state index in [1.165, 1.54) is 6.92 Å². The molecule has 4 nitrogen and oxygen atoms in total. The van der Waals surface area contributed by atoms with E-state index in [1.54, 1.807) is 18.2 Å². The molecule has 2 rings (SSSR count). The number of carbonyl (C=O) groups excluding carboxylic acids is 2. The largest absolute Gasteiger partial charge is 0.349 e. The second kappa shape index (κ2) is 8.18. The van der Waals surface area contributed by atoms with E-state index in [-0.39, 0.29) is 18.2 Å². The minimum absolute atomic E-state index is 0.104. The summed E-state index contributed by atoms with van der Waals surface area (Å²) in [6.07, 6.45) is 0.104. The van der Waals surface area contributed by atoms with Gasteiger partial charge in [0.15, 0.2) is 0 Å². The highest BCUT2D eigenvalue weighted by Gasteiger charge is 2.17. The molecule has 2 aromatic rings. The number of hydrogen-bond acceptors (Lipinski definition) is 2. The first-order valence-electron chi connectivity index (χ1n) is 7.43. The molecule has 0 saturated carbocycles. The van der Waals surface area contributed by atoms with Gasteiger partial charge in [-0.3, -0.25) is 9.59 Å². The number of halogens is 2. The van der Waals surface area contributed by atoms with Gasteiger partial charge >= 0.3 is 0 Å². The second-order valence-electron chi connectivity index (χ2n) is 5.57. The summed E-state index contributed by atoms with van der Waals surface area (Å²) in [5.74, 6) is -0.438. The lowest BCUT2D eigenvalue weighted by Gasteiger charge is -2.18. The van der Waals surface area contributed by atoms with Crippen molar-refractivity contribution < 1.29 is 9.59 Å². The van der Waals surface area contributed by atoms with Crippen LogP contribution in [-0.4, -0.2) is 11.8 Å². The molecular formula is C18H18Cl2N2O2. The van der Waals surface area contributed by atoms with Crippen LogP contribution in [0.3, 0.4) is 0 Å². The predicted octanol–water partition coefficient (Wildman–Crippen LogP) is 4.51. The van der Waals surface area contributed by atoms with Gasteiger partial charge in [0.05, 0.1) is 12.5 Å². The van der Waals surface area contributed by atoms with E-state index in [0.717, 1.165) is 11.1 Å². The van der Waals surface area contributed by atoms with E-state index in [1.807, 2.05) is 31.2 Å². The molecule has 0 aliphatic rings. The zero-order chi connectivity index (χ0) is 17.7. The Balaban J connectivity index is 2.11. The lowest BCUT2D eigenvalue weighted by Crippen LogP contribution is -2.29. The maximum Gasteiger partial charge on any atom is 0.226 e. The molecular weight excluding hydrogens is 347 g/mol. The Morgan fingerprint density at radius 2 is 1.62 bits per heavy atom. The van der Waals surface area contributed by atoms with Gasteiger partial charge in [-0.15, -0.1) is 0 Å². The minimum Gasteiger partial charge on any atom is -0.349 e. The van der Waals surface area contributed by atoms with Crippen molar-refractivity contribution in [2.75, 3.05) is 5.32 Å². The van der Waals surface area contributed by atoms with Gasteiger partial charge in [0.25, 0.3) is 0 Å². The highest BCUT2D eigenvalue weighted by Crippen LogP contribution is 2.24. The van der Waals surface area contributed by atoms with Gasteiger partial charge in [0.2, 0.25) is 11.8 Å². The van der Waals surface area contributed by atoms with Crippen LogP contribution in [0.15, 0.2) is 42.5 Å². The number of rotatable bonds is 5. The lowest BCUT2D eigenvalue weighted by molar-refractivity contribution is -0.120. The summed E-state index contributed by atoms with van der Waals surface area (Å²) >= 11 is 11.9. The SMILES string of the molecule is CC(=O)NC(CC(=O)Nc1cc(Cl)cc(Cl)c1)c1ccc(C)cc1. The molecule has 0 fully saturated rings. The van der Waals surface area contributed by atoms with Crippen LogP contribution in [0.2, 0.25) is 10.0 Å². The van der Waals surface area contributed by atoms with E-state index in [2.05, 4.69) is 10.6 Å². The van der Waals surface area contributed by atoms with E-state index in [0.29, 0.717) is 15.7 Å². The molecule has 0 aliphatic carbocycles. The number of anilines is 1. The van der Waals surface area contributed by atoms with Crippen molar-refractivity contribution in [2.45, 2.75) is 26.3 Å². The first-order valence-corrected chi connectivity index (χ1v) is 8.18. The average Bonchev–Trinajstić information content (AvgIpc) is 2.45. The quantitative estimate of drug-likeness (QED) is 0.819. The normalized spacial score (nSPS) is 11.7. The van der Waals surface area contributed by atoms with Crippen LogP contribution in [0, 0.1) is 6.92 Å². The Labute approximate surface area is 151 Å². The third-order valence-corrected chi connectivity index (χ3v) is 3.83. The standard InChI is InChI=1S/C18H18Cl2N2O2/c1-11-3-5-13(6-4-11)17(21-12(2)23)10-18(24)22-16-8-14(19)7-15(20)9-16/h3-9,17H,10H2,1-2H3,(H,21,23)(H,22,24). The summed E-state index contributed by atoms with van der Waals surface area (Å²) in [7, 11) is 0. The van der Waals surface area contributed by atoms with Crippen molar-refractivity contribution in [3.63, 3.8) is 0 Å². The smallest absolute Gasteiger partial charge is 0.226 e. The monoisotopic (exact) mass is 364 g/mol. The number of benzene rings is 2. The van der Waals surface area contributed by atoms with E-state index in [9.17, 15) is 9.59 Å².